The van der Waals surface area contributed by atoms with Crippen LogP contribution in [0.4, 0.5) is 0 Å². The van der Waals surface area contributed by atoms with E-state index in [9.17, 15) is 0 Å². The molecule has 0 aliphatic carbocycles. The molecule has 0 amide bonds. The van der Waals surface area contributed by atoms with Gasteiger partial charge in [-0.15, -0.1) is 0 Å². The van der Waals surface area contributed by atoms with Crippen molar-refractivity contribution < 1.29 is 0 Å². The Balaban J connectivity index is 3.50. The number of hydrogen-bond donors (Lipinski definition) is 2. The van der Waals surface area contributed by atoms with Crippen molar-refractivity contribution in [2.24, 2.45) is 17.1 Å². The molecule has 0 aliphatic heterocycles. The fourth-order valence-corrected chi connectivity index (χ4v) is 2.08. The normalized spacial score (nSPS) is 16.4. The molecular formula is C13H30N2. The van der Waals surface area contributed by atoms with Crippen molar-refractivity contribution in [3.63, 3.8) is 0 Å². The summed E-state index contributed by atoms with van der Waals surface area (Å²) in [7, 11) is 0. The van der Waals surface area contributed by atoms with E-state index in [1.165, 1.54) is 12.8 Å². The maximum absolute atomic E-state index is 5.50. The van der Waals surface area contributed by atoms with Crippen molar-refractivity contribution in [1.29, 1.82) is 0 Å². The second kappa shape index (κ2) is 7.24. The van der Waals surface area contributed by atoms with Gasteiger partial charge in [0.25, 0.3) is 0 Å². The van der Waals surface area contributed by atoms with Crippen LogP contribution in [0.25, 0.3) is 0 Å². The summed E-state index contributed by atoms with van der Waals surface area (Å²) >= 11 is 0. The molecule has 0 aromatic heterocycles. The van der Waals surface area contributed by atoms with E-state index in [4.69, 9.17) is 5.73 Å². The molecule has 0 radical (unpaired) electrons. The van der Waals surface area contributed by atoms with Crippen molar-refractivity contribution in [1.82, 2.24) is 5.32 Å². The SMILES string of the molecule is CC(CCNC(C)CCN)CC(C)(C)C. The number of hydrogen-bond acceptors (Lipinski definition) is 2. The van der Waals surface area contributed by atoms with Crippen molar-refractivity contribution in [2.45, 2.75) is 59.9 Å². The highest BCUT2D eigenvalue weighted by atomic mass is 14.9. The summed E-state index contributed by atoms with van der Waals surface area (Å²) in [5, 5.41) is 3.52. The molecule has 2 nitrogen and oxygen atoms in total. The predicted octanol–water partition coefficient (Wildman–Crippen LogP) is 2.78. The Morgan fingerprint density at radius 3 is 2.20 bits per heavy atom. The van der Waals surface area contributed by atoms with Crippen LogP contribution in [-0.4, -0.2) is 19.1 Å². The first-order valence-electron chi connectivity index (χ1n) is 6.28. The molecule has 2 unspecified atom stereocenters. The molecule has 0 heterocycles. The van der Waals surface area contributed by atoms with Crippen molar-refractivity contribution in [3.05, 3.63) is 0 Å². The van der Waals surface area contributed by atoms with Crippen LogP contribution in [0.1, 0.15) is 53.9 Å². The third-order valence-electron chi connectivity index (χ3n) is 2.69. The molecule has 0 bridgehead atoms. The molecule has 0 saturated heterocycles. The van der Waals surface area contributed by atoms with E-state index in [0.29, 0.717) is 11.5 Å². The summed E-state index contributed by atoms with van der Waals surface area (Å²) in [6.07, 6.45) is 3.65. The Morgan fingerprint density at radius 1 is 1.13 bits per heavy atom. The van der Waals surface area contributed by atoms with Crippen LogP contribution in [0.15, 0.2) is 0 Å². The second-order valence-electron chi connectivity index (χ2n) is 6.09. The van der Waals surface area contributed by atoms with Crippen LogP contribution in [0.5, 0.6) is 0 Å². The average Bonchev–Trinajstić information content (AvgIpc) is 2.00. The zero-order valence-corrected chi connectivity index (χ0v) is 11.3. The minimum atomic E-state index is 0.461. The third kappa shape index (κ3) is 10.2. The Bertz CT molecular complexity index is 149. The van der Waals surface area contributed by atoms with Crippen molar-refractivity contribution in [2.75, 3.05) is 13.1 Å². The van der Waals surface area contributed by atoms with Gasteiger partial charge >= 0.3 is 0 Å². The standard InChI is InChI=1S/C13H30N2/c1-11(10-13(3,4)5)7-9-15-12(2)6-8-14/h11-12,15H,6-10,14H2,1-5H3. The molecule has 2 heteroatoms. The van der Waals surface area contributed by atoms with Gasteiger partial charge in [0.05, 0.1) is 0 Å². The smallest absolute Gasteiger partial charge is 0.00507 e. The summed E-state index contributed by atoms with van der Waals surface area (Å²) in [6, 6.07) is 0.567. The largest absolute Gasteiger partial charge is 0.330 e. The molecule has 0 spiro atoms. The number of rotatable bonds is 7. The van der Waals surface area contributed by atoms with Gasteiger partial charge in [0, 0.05) is 6.04 Å². The lowest BCUT2D eigenvalue weighted by atomic mass is 9.84. The third-order valence-corrected chi connectivity index (χ3v) is 2.69. The predicted molar refractivity (Wildman–Crippen MR) is 69.0 cm³/mol. The van der Waals surface area contributed by atoms with Crippen LogP contribution in [-0.2, 0) is 0 Å². The Morgan fingerprint density at radius 2 is 1.73 bits per heavy atom. The van der Waals surface area contributed by atoms with Gasteiger partial charge in [-0.05, 0) is 50.6 Å². The zero-order valence-electron chi connectivity index (χ0n) is 11.3. The van der Waals surface area contributed by atoms with E-state index in [0.717, 1.165) is 25.4 Å². The summed E-state index contributed by atoms with van der Waals surface area (Å²) in [5.74, 6) is 0.808. The Kier molecular flexibility index (Phi) is 7.20. The fraction of sp³-hybridized carbons (Fsp3) is 1.00. The van der Waals surface area contributed by atoms with Gasteiger partial charge in [0.2, 0.25) is 0 Å². The molecule has 0 fully saturated rings. The van der Waals surface area contributed by atoms with Crippen LogP contribution in [0.3, 0.4) is 0 Å². The maximum atomic E-state index is 5.50. The topological polar surface area (TPSA) is 38.0 Å². The lowest BCUT2D eigenvalue weighted by Crippen LogP contribution is -2.30. The Labute approximate surface area is 96.0 Å². The molecular weight excluding hydrogens is 184 g/mol. The molecule has 0 rings (SSSR count). The van der Waals surface area contributed by atoms with Gasteiger partial charge < -0.3 is 11.1 Å². The van der Waals surface area contributed by atoms with Gasteiger partial charge in [-0.3, -0.25) is 0 Å². The Hall–Kier alpha value is -0.0800. The van der Waals surface area contributed by atoms with Gasteiger partial charge in [0.1, 0.15) is 0 Å². The van der Waals surface area contributed by atoms with Gasteiger partial charge in [-0.25, -0.2) is 0 Å². The first-order chi connectivity index (χ1) is 6.85. The lowest BCUT2D eigenvalue weighted by Gasteiger charge is -2.23. The van der Waals surface area contributed by atoms with E-state index in [2.05, 4.69) is 39.9 Å². The summed E-state index contributed by atoms with van der Waals surface area (Å²) in [5.41, 5.74) is 5.96. The van der Waals surface area contributed by atoms with Crippen LogP contribution >= 0.6 is 0 Å². The quantitative estimate of drug-likeness (QED) is 0.684. The van der Waals surface area contributed by atoms with E-state index in [-0.39, 0.29) is 0 Å². The van der Waals surface area contributed by atoms with E-state index in [1.54, 1.807) is 0 Å². The highest BCUT2D eigenvalue weighted by Gasteiger charge is 2.14. The molecule has 15 heavy (non-hydrogen) atoms. The van der Waals surface area contributed by atoms with Crippen molar-refractivity contribution >= 4 is 0 Å². The van der Waals surface area contributed by atoms with Gasteiger partial charge in [0.15, 0.2) is 0 Å². The first-order valence-corrected chi connectivity index (χ1v) is 6.28. The molecule has 92 valence electrons. The van der Waals surface area contributed by atoms with E-state index >= 15 is 0 Å². The molecule has 0 saturated carbocycles. The summed E-state index contributed by atoms with van der Waals surface area (Å²) in [4.78, 5) is 0. The summed E-state index contributed by atoms with van der Waals surface area (Å²) < 4.78 is 0. The average molecular weight is 214 g/mol. The first kappa shape index (κ1) is 14.9. The van der Waals surface area contributed by atoms with Crippen LogP contribution < -0.4 is 11.1 Å². The van der Waals surface area contributed by atoms with Gasteiger partial charge in [-0.2, -0.15) is 0 Å². The van der Waals surface area contributed by atoms with Crippen molar-refractivity contribution in [3.8, 4) is 0 Å². The molecule has 0 aliphatic rings. The lowest BCUT2D eigenvalue weighted by molar-refractivity contribution is 0.292. The summed E-state index contributed by atoms with van der Waals surface area (Å²) in [6.45, 7) is 13.4. The monoisotopic (exact) mass is 214 g/mol. The highest BCUT2D eigenvalue weighted by molar-refractivity contribution is 4.68. The number of nitrogens with one attached hydrogen (secondary N) is 1. The molecule has 0 aromatic rings. The van der Waals surface area contributed by atoms with E-state index < -0.39 is 0 Å². The minimum absolute atomic E-state index is 0.461. The second-order valence-corrected chi connectivity index (χ2v) is 6.09. The minimum Gasteiger partial charge on any atom is -0.330 e. The van der Waals surface area contributed by atoms with Gasteiger partial charge in [-0.1, -0.05) is 27.7 Å². The maximum Gasteiger partial charge on any atom is 0.00507 e. The fourth-order valence-electron chi connectivity index (χ4n) is 2.08. The van der Waals surface area contributed by atoms with E-state index in [1.807, 2.05) is 0 Å². The molecule has 2 atom stereocenters. The van der Waals surface area contributed by atoms with Crippen LogP contribution in [0.2, 0.25) is 0 Å². The highest BCUT2D eigenvalue weighted by Crippen LogP contribution is 2.25. The zero-order chi connectivity index (χ0) is 11.9. The number of nitrogens with two attached hydrogens (primary N) is 1. The molecule has 0 aromatic carbocycles. The van der Waals surface area contributed by atoms with Crippen LogP contribution in [0, 0.1) is 11.3 Å². The molecule has 3 N–H and O–H groups in total.